The van der Waals surface area contributed by atoms with Gasteiger partial charge in [0.05, 0.1) is 23.2 Å². The second-order valence-corrected chi connectivity index (χ2v) is 8.38. The molecule has 174 valence electrons. The van der Waals surface area contributed by atoms with Crippen LogP contribution in [-0.2, 0) is 17.8 Å². The largest absolute Gasteiger partial charge is 0.454 e. The summed E-state index contributed by atoms with van der Waals surface area (Å²) in [4.78, 5) is 51.7. The van der Waals surface area contributed by atoms with Gasteiger partial charge in [-0.15, -0.1) is 0 Å². The molecule has 0 atom stereocenters. The van der Waals surface area contributed by atoms with Crippen LogP contribution in [0.4, 0.5) is 0 Å². The average Bonchev–Trinajstić information content (AvgIpc) is 3.26. The van der Waals surface area contributed by atoms with E-state index in [0.29, 0.717) is 22.3 Å². The van der Waals surface area contributed by atoms with Gasteiger partial charge in [0.25, 0.3) is 11.8 Å². The van der Waals surface area contributed by atoms with Crippen molar-refractivity contribution in [3.8, 4) is 0 Å². The fourth-order valence-corrected chi connectivity index (χ4v) is 4.31. The van der Waals surface area contributed by atoms with Gasteiger partial charge < -0.3 is 9.30 Å². The summed E-state index contributed by atoms with van der Waals surface area (Å²) in [6, 6.07) is 15.0. The average molecular weight is 459 g/mol. The summed E-state index contributed by atoms with van der Waals surface area (Å²) in [6.07, 6.45) is 0.954. The molecule has 34 heavy (non-hydrogen) atoms. The maximum Gasteiger partial charge on any atom is 0.338 e. The molecule has 0 spiro atoms. The predicted octanol–water partition coefficient (Wildman–Crippen LogP) is 4.35. The minimum Gasteiger partial charge on any atom is -0.454 e. The Labute approximate surface area is 197 Å². The first-order valence-electron chi connectivity index (χ1n) is 11.2. The summed E-state index contributed by atoms with van der Waals surface area (Å²) >= 11 is 0. The predicted molar refractivity (Wildman–Crippen MR) is 126 cm³/mol. The standard InChI is InChI=1S/C27H26N2O5/c1-4-12-28-17(2)13-23(18(28)3)24(30)16-34-27(33)20-9-7-8-19(14-20)15-29-25(31)21-10-5-6-11-22(21)26(29)32/h5-11,13-14H,4,12,15-16H2,1-3H3. The SMILES string of the molecule is CCCn1c(C)cc(C(=O)COC(=O)c2cccc(CN3C(=O)c4ccccc4C3=O)c2)c1C. The van der Waals surface area contributed by atoms with E-state index < -0.39 is 5.97 Å². The number of ether oxygens (including phenoxy) is 1. The number of hydrogen-bond donors (Lipinski definition) is 0. The number of imide groups is 1. The topological polar surface area (TPSA) is 85.7 Å². The van der Waals surface area contributed by atoms with Gasteiger partial charge in [-0.05, 0) is 56.2 Å². The van der Waals surface area contributed by atoms with E-state index in [1.54, 1.807) is 48.5 Å². The Hall–Kier alpha value is -4.00. The van der Waals surface area contributed by atoms with Crippen molar-refractivity contribution in [1.29, 1.82) is 0 Å². The third-order valence-corrected chi connectivity index (χ3v) is 6.04. The number of hydrogen-bond acceptors (Lipinski definition) is 5. The number of rotatable bonds is 8. The molecule has 0 unspecified atom stereocenters. The van der Waals surface area contributed by atoms with Crippen LogP contribution in [0.25, 0.3) is 0 Å². The molecule has 0 fully saturated rings. The molecule has 2 amide bonds. The fraction of sp³-hybridized carbons (Fsp3) is 0.259. The molecule has 2 aromatic carbocycles. The van der Waals surface area contributed by atoms with Crippen LogP contribution >= 0.6 is 0 Å². The number of ketones is 1. The molecule has 0 radical (unpaired) electrons. The lowest BCUT2D eigenvalue weighted by Gasteiger charge is -2.14. The molecule has 1 aromatic heterocycles. The number of esters is 1. The van der Waals surface area contributed by atoms with Crippen LogP contribution < -0.4 is 0 Å². The van der Waals surface area contributed by atoms with E-state index in [4.69, 9.17) is 4.74 Å². The number of nitrogens with zero attached hydrogens (tertiary/aromatic N) is 2. The van der Waals surface area contributed by atoms with Crippen molar-refractivity contribution in [2.45, 2.75) is 40.3 Å². The molecule has 0 aliphatic carbocycles. The molecule has 0 N–H and O–H groups in total. The molecule has 7 nitrogen and oxygen atoms in total. The molecular weight excluding hydrogens is 432 g/mol. The Bertz CT molecular complexity index is 1270. The number of aromatic nitrogens is 1. The summed E-state index contributed by atoms with van der Waals surface area (Å²) in [5.74, 6) is -1.62. The molecule has 1 aliphatic heterocycles. The van der Waals surface area contributed by atoms with Gasteiger partial charge in [0.2, 0.25) is 5.78 Å². The lowest BCUT2D eigenvalue weighted by molar-refractivity contribution is 0.0474. The second kappa shape index (κ2) is 9.47. The van der Waals surface area contributed by atoms with E-state index in [1.807, 2.05) is 19.9 Å². The summed E-state index contributed by atoms with van der Waals surface area (Å²) in [5, 5.41) is 0. The Morgan fingerprint density at radius 3 is 2.24 bits per heavy atom. The van der Waals surface area contributed by atoms with E-state index in [0.717, 1.165) is 29.3 Å². The third kappa shape index (κ3) is 4.29. The van der Waals surface area contributed by atoms with E-state index in [9.17, 15) is 19.2 Å². The van der Waals surface area contributed by atoms with Crippen LogP contribution in [0.2, 0.25) is 0 Å². The molecule has 1 aliphatic rings. The van der Waals surface area contributed by atoms with Crippen LogP contribution in [0.3, 0.4) is 0 Å². The Morgan fingerprint density at radius 2 is 1.59 bits per heavy atom. The van der Waals surface area contributed by atoms with Crippen LogP contribution in [0.1, 0.15) is 71.7 Å². The van der Waals surface area contributed by atoms with Gasteiger partial charge in [-0.25, -0.2) is 4.79 Å². The van der Waals surface area contributed by atoms with Gasteiger partial charge in [-0.3, -0.25) is 19.3 Å². The number of amides is 2. The van der Waals surface area contributed by atoms with Crippen molar-refractivity contribution in [3.05, 3.63) is 93.8 Å². The normalized spacial score (nSPS) is 12.7. The van der Waals surface area contributed by atoms with Crippen LogP contribution in [0.15, 0.2) is 54.6 Å². The first-order valence-corrected chi connectivity index (χ1v) is 11.2. The van der Waals surface area contributed by atoms with Crippen molar-refractivity contribution in [2.75, 3.05) is 6.61 Å². The van der Waals surface area contributed by atoms with Crippen molar-refractivity contribution in [2.24, 2.45) is 0 Å². The number of fused-ring (bicyclic) bond motifs is 1. The first-order chi connectivity index (χ1) is 16.3. The zero-order valence-electron chi connectivity index (χ0n) is 19.5. The molecule has 0 saturated heterocycles. The molecule has 0 bridgehead atoms. The van der Waals surface area contributed by atoms with Gasteiger partial charge in [0.1, 0.15) is 0 Å². The minimum absolute atomic E-state index is 0.0375. The minimum atomic E-state index is -0.639. The van der Waals surface area contributed by atoms with Gasteiger partial charge in [-0.1, -0.05) is 31.2 Å². The summed E-state index contributed by atoms with van der Waals surface area (Å²) in [7, 11) is 0. The highest BCUT2D eigenvalue weighted by Gasteiger charge is 2.35. The molecular formula is C27H26N2O5. The number of carbonyl (C=O) groups is 4. The molecule has 2 heterocycles. The van der Waals surface area contributed by atoms with Crippen molar-refractivity contribution >= 4 is 23.6 Å². The van der Waals surface area contributed by atoms with Gasteiger partial charge in [-0.2, -0.15) is 0 Å². The van der Waals surface area contributed by atoms with Crippen molar-refractivity contribution < 1.29 is 23.9 Å². The smallest absolute Gasteiger partial charge is 0.338 e. The van der Waals surface area contributed by atoms with Crippen molar-refractivity contribution in [1.82, 2.24) is 9.47 Å². The Morgan fingerprint density at radius 1 is 0.912 bits per heavy atom. The van der Waals surface area contributed by atoms with Crippen LogP contribution in [-0.4, -0.2) is 39.6 Å². The number of Topliss-reactive ketones (excluding diaryl/α,β-unsaturated/α-hetero) is 1. The van der Waals surface area contributed by atoms with E-state index in [1.165, 1.54) is 0 Å². The monoisotopic (exact) mass is 458 g/mol. The van der Waals surface area contributed by atoms with Gasteiger partial charge in [0, 0.05) is 23.5 Å². The summed E-state index contributed by atoms with van der Waals surface area (Å²) < 4.78 is 7.36. The Kier molecular flexibility index (Phi) is 6.45. The molecule has 7 heteroatoms. The highest BCUT2D eigenvalue weighted by Crippen LogP contribution is 2.24. The quantitative estimate of drug-likeness (QED) is 0.285. The number of carbonyl (C=O) groups excluding carboxylic acids is 4. The highest BCUT2D eigenvalue weighted by atomic mass is 16.5. The third-order valence-electron chi connectivity index (χ3n) is 6.04. The summed E-state index contributed by atoms with van der Waals surface area (Å²) in [6.45, 7) is 6.41. The second-order valence-electron chi connectivity index (χ2n) is 8.38. The van der Waals surface area contributed by atoms with Gasteiger partial charge >= 0.3 is 5.97 Å². The van der Waals surface area contributed by atoms with Crippen LogP contribution in [0.5, 0.6) is 0 Å². The van der Waals surface area contributed by atoms with E-state index in [2.05, 4.69) is 11.5 Å². The van der Waals surface area contributed by atoms with Crippen molar-refractivity contribution in [3.63, 3.8) is 0 Å². The van der Waals surface area contributed by atoms with Crippen LogP contribution in [0, 0.1) is 13.8 Å². The maximum atomic E-state index is 12.7. The molecule has 3 aromatic rings. The zero-order valence-corrected chi connectivity index (χ0v) is 19.5. The zero-order chi connectivity index (χ0) is 24.4. The first kappa shape index (κ1) is 23.2. The number of aryl methyl sites for hydroxylation is 1. The fourth-order valence-electron chi connectivity index (χ4n) is 4.31. The molecule has 4 rings (SSSR count). The highest BCUT2D eigenvalue weighted by molar-refractivity contribution is 6.21. The molecule has 0 saturated carbocycles. The van der Waals surface area contributed by atoms with E-state index in [-0.39, 0.29) is 36.3 Å². The van der Waals surface area contributed by atoms with E-state index >= 15 is 0 Å². The lowest BCUT2D eigenvalue weighted by Crippen LogP contribution is -2.29. The van der Waals surface area contributed by atoms with Gasteiger partial charge in [0.15, 0.2) is 6.61 Å². The summed E-state index contributed by atoms with van der Waals surface area (Å²) in [5.41, 5.74) is 4.02. The maximum absolute atomic E-state index is 12.7. The lowest BCUT2D eigenvalue weighted by atomic mass is 10.1. The number of benzene rings is 2. The Balaban J connectivity index is 1.42.